The van der Waals surface area contributed by atoms with Gasteiger partial charge in [0.15, 0.2) is 5.69 Å². The predicted octanol–water partition coefficient (Wildman–Crippen LogP) is 0.146. The molecular formula is C4H3N3OS. The van der Waals surface area contributed by atoms with Crippen molar-refractivity contribution in [2.24, 2.45) is 0 Å². The van der Waals surface area contributed by atoms with Crippen LogP contribution in [0.25, 0.3) is 0 Å². The Morgan fingerprint density at radius 3 is 3.33 bits per heavy atom. The number of ketones is 1. The number of aromatic nitrogens is 2. The highest BCUT2D eigenvalue weighted by Crippen LogP contribution is 2.22. The van der Waals surface area contributed by atoms with Crippen molar-refractivity contribution in [2.45, 2.75) is 0 Å². The number of hydrogen-bond acceptors (Lipinski definition) is 5. The van der Waals surface area contributed by atoms with E-state index in [1.54, 1.807) is 0 Å². The topological polar surface area (TPSA) is 54.9 Å². The molecule has 0 aliphatic carbocycles. The number of carbonyl (C=O) groups is 1. The SMILES string of the molecule is O=C1CNc2snnc21. The lowest BCUT2D eigenvalue weighted by Gasteiger charge is -1.82. The summed E-state index contributed by atoms with van der Waals surface area (Å²) >= 11 is 1.22. The lowest BCUT2D eigenvalue weighted by molar-refractivity contribution is 0.101. The quantitative estimate of drug-likeness (QED) is 0.558. The predicted molar refractivity (Wildman–Crippen MR) is 32.7 cm³/mol. The highest BCUT2D eigenvalue weighted by Gasteiger charge is 2.22. The first-order valence-corrected chi connectivity index (χ1v) is 3.24. The molecule has 0 aromatic carbocycles. The van der Waals surface area contributed by atoms with Crippen LogP contribution in [-0.2, 0) is 0 Å². The molecule has 1 aromatic rings. The second-order valence-electron chi connectivity index (χ2n) is 1.73. The Labute approximate surface area is 55.1 Å². The van der Waals surface area contributed by atoms with Gasteiger partial charge in [-0.15, -0.1) is 5.10 Å². The van der Waals surface area contributed by atoms with Crippen LogP contribution in [0.4, 0.5) is 5.00 Å². The Morgan fingerprint density at radius 1 is 1.67 bits per heavy atom. The maximum atomic E-state index is 10.8. The van der Waals surface area contributed by atoms with Crippen LogP contribution in [0, 0.1) is 0 Å². The summed E-state index contributed by atoms with van der Waals surface area (Å²) in [7, 11) is 0. The number of hydrogen-bond donors (Lipinski definition) is 1. The van der Waals surface area contributed by atoms with Gasteiger partial charge in [0.25, 0.3) is 0 Å². The van der Waals surface area contributed by atoms with Gasteiger partial charge in [-0.3, -0.25) is 4.79 Å². The van der Waals surface area contributed by atoms with Crippen molar-refractivity contribution in [3.63, 3.8) is 0 Å². The molecule has 0 fully saturated rings. The summed E-state index contributed by atoms with van der Waals surface area (Å²) in [4.78, 5) is 10.8. The maximum Gasteiger partial charge on any atom is 0.205 e. The molecule has 1 N–H and O–H groups in total. The minimum Gasteiger partial charge on any atom is -0.366 e. The molecule has 0 radical (unpaired) electrons. The van der Waals surface area contributed by atoms with E-state index in [9.17, 15) is 4.79 Å². The molecule has 0 unspecified atom stereocenters. The van der Waals surface area contributed by atoms with Gasteiger partial charge in [0, 0.05) is 11.5 Å². The Morgan fingerprint density at radius 2 is 2.56 bits per heavy atom. The van der Waals surface area contributed by atoms with Crippen LogP contribution in [0.3, 0.4) is 0 Å². The van der Waals surface area contributed by atoms with Gasteiger partial charge in [-0.2, -0.15) is 0 Å². The Bertz CT molecular complexity index is 256. The third kappa shape index (κ3) is 0.547. The normalized spacial score (nSPS) is 15.3. The Kier molecular flexibility index (Phi) is 0.814. The molecule has 4 nitrogen and oxygen atoms in total. The molecule has 1 aliphatic rings. The van der Waals surface area contributed by atoms with Crippen LogP contribution in [0.1, 0.15) is 10.5 Å². The summed E-state index contributed by atoms with van der Waals surface area (Å²) in [6, 6.07) is 0. The Hall–Kier alpha value is -0.970. The van der Waals surface area contributed by atoms with Crippen LogP contribution in [0.5, 0.6) is 0 Å². The molecule has 1 aliphatic heterocycles. The third-order valence-electron chi connectivity index (χ3n) is 1.16. The number of carbonyl (C=O) groups excluding carboxylic acids is 1. The molecule has 9 heavy (non-hydrogen) atoms. The second kappa shape index (κ2) is 1.51. The van der Waals surface area contributed by atoms with Crippen LogP contribution in [0.15, 0.2) is 0 Å². The average molecular weight is 141 g/mol. The molecule has 0 spiro atoms. The summed E-state index contributed by atoms with van der Waals surface area (Å²) in [6.45, 7) is 0.386. The standard InChI is InChI=1S/C4H3N3OS/c8-2-1-5-4-3(2)6-7-9-4/h5H,1H2. The summed E-state index contributed by atoms with van der Waals surface area (Å²) in [5.74, 6) is 0.0405. The first kappa shape index (κ1) is 4.87. The fraction of sp³-hybridized carbons (Fsp3) is 0.250. The molecule has 0 atom stereocenters. The van der Waals surface area contributed by atoms with Crippen molar-refractivity contribution in [3.05, 3.63) is 5.69 Å². The third-order valence-corrected chi connectivity index (χ3v) is 1.85. The van der Waals surface area contributed by atoms with Gasteiger partial charge in [-0.05, 0) is 0 Å². The van der Waals surface area contributed by atoms with Crippen molar-refractivity contribution in [2.75, 3.05) is 11.9 Å². The number of rotatable bonds is 0. The van der Waals surface area contributed by atoms with E-state index < -0.39 is 0 Å². The fourth-order valence-electron chi connectivity index (χ4n) is 0.733. The summed E-state index contributed by atoms with van der Waals surface area (Å²) in [5, 5.41) is 7.31. The lowest BCUT2D eigenvalue weighted by atomic mass is 10.4. The summed E-state index contributed by atoms with van der Waals surface area (Å²) < 4.78 is 3.60. The van der Waals surface area contributed by atoms with Gasteiger partial charge in [0.2, 0.25) is 5.78 Å². The minimum atomic E-state index is 0.0405. The highest BCUT2D eigenvalue weighted by atomic mass is 32.1. The summed E-state index contributed by atoms with van der Waals surface area (Å²) in [5.41, 5.74) is 0.500. The van der Waals surface area contributed by atoms with Crippen LogP contribution < -0.4 is 5.32 Å². The van der Waals surface area contributed by atoms with Gasteiger partial charge < -0.3 is 5.32 Å². The molecule has 0 saturated carbocycles. The fourth-order valence-corrected chi connectivity index (χ4v) is 1.32. The van der Waals surface area contributed by atoms with Crippen molar-refractivity contribution in [3.8, 4) is 0 Å². The zero-order chi connectivity index (χ0) is 6.27. The van der Waals surface area contributed by atoms with E-state index in [-0.39, 0.29) is 5.78 Å². The molecule has 2 rings (SSSR count). The zero-order valence-corrected chi connectivity index (χ0v) is 5.23. The molecule has 0 bridgehead atoms. The minimum absolute atomic E-state index is 0.0405. The van der Waals surface area contributed by atoms with E-state index >= 15 is 0 Å². The van der Waals surface area contributed by atoms with E-state index in [0.717, 1.165) is 5.00 Å². The van der Waals surface area contributed by atoms with Gasteiger partial charge in [-0.25, -0.2) is 0 Å². The van der Waals surface area contributed by atoms with Crippen molar-refractivity contribution >= 4 is 22.3 Å². The maximum absolute atomic E-state index is 10.8. The first-order valence-electron chi connectivity index (χ1n) is 2.47. The van der Waals surface area contributed by atoms with Gasteiger partial charge in [-0.1, -0.05) is 4.49 Å². The van der Waals surface area contributed by atoms with Crippen molar-refractivity contribution < 1.29 is 4.79 Å². The van der Waals surface area contributed by atoms with E-state index in [2.05, 4.69) is 14.9 Å². The number of nitrogens with zero attached hydrogens (tertiary/aromatic N) is 2. The highest BCUT2D eigenvalue weighted by molar-refractivity contribution is 7.10. The van der Waals surface area contributed by atoms with Crippen LogP contribution in [0.2, 0.25) is 0 Å². The van der Waals surface area contributed by atoms with Gasteiger partial charge >= 0.3 is 0 Å². The monoisotopic (exact) mass is 141 g/mol. The van der Waals surface area contributed by atoms with Gasteiger partial charge in [0.05, 0.1) is 6.54 Å². The average Bonchev–Trinajstić information content (AvgIpc) is 2.35. The molecule has 0 amide bonds. The molecule has 46 valence electrons. The van der Waals surface area contributed by atoms with Crippen molar-refractivity contribution in [1.82, 2.24) is 9.59 Å². The second-order valence-corrected chi connectivity index (χ2v) is 2.48. The number of fused-ring (bicyclic) bond motifs is 1. The number of nitrogens with one attached hydrogen (secondary N) is 1. The largest absolute Gasteiger partial charge is 0.366 e. The first-order chi connectivity index (χ1) is 4.38. The smallest absolute Gasteiger partial charge is 0.205 e. The van der Waals surface area contributed by atoms with E-state index in [0.29, 0.717) is 12.2 Å². The summed E-state index contributed by atoms with van der Waals surface area (Å²) in [6.07, 6.45) is 0. The molecule has 2 heterocycles. The zero-order valence-electron chi connectivity index (χ0n) is 4.42. The number of anilines is 1. The van der Waals surface area contributed by atoms with E-state index in [4.69, 9.17) is 0 Å². The molecule has 1 aromatic heterocycles. The van der Waals surface area contributed by atoms with E-state index in [1.165, 1.54) is 11.5 Å². The number of Topliss-reactive ketones (excluding diaryl/α,β-unsaturated/α-hetero) is 1. The van der Waals surface area contributed by atoms with Gasteiger partial charge in [0.1, 0.15) is 5.00 Å². The van der Waals surface area contributed by atoms with E-state index in [1.807, 2.05) is 0 Å². The molecule has 5 heteroatoms. The Balaban J connectivity index is 2.61. The molecular weight excluding hydrogens is 138 g/mol. The van der Waals surface area contributed by atoms with Crippen molar-refractivity contribution in [1.29, 1.82) is 0 Å². The van der Waals surface area contributed by atoms with Crippen LogP contribution >= 0.6 is 11.5 Å². The molecule has 0 saturated heterocycles. The van der Waals surface area contributed by atoms with Crippen LogP contribution in [-0.4, -0.2) is 21.9 Å². The lowest BCUT2D eigenvalue weighted by Crippen LogP contribution is -2.02.